The zero-order valence-corrected chi connectivity index (χ0v) is 24.7. The Labute approximate surface area is 248 Å². The molecule has 4 saturated carbocycles. The molecule has 5 fully saturated rings. The van der Waals surface area contributed by atoms with E-state index < -0.39 is 30.3 Å². The summed E-state index contributed by atoms with van der Waals surface area (Å²) in [6, 6.07) is 18.5. The number of amides is 2. The molecule has 1 spiro atoms. The molecule has 2 aromatic carbocycles. The summed E-state index contributed by atoms with van der Waals surface area (Å²) in [4.78, 5) is 38.6. The van der Waals surface area contributed by atoms with Crippen molar-refractivity contribution in [2.75, 3.05) is 0 Å². The maximum atomic E-state index is 13.7. The van der Waals surface area contributed by atoms with Gasteiger partial charge < -0.3 is 20.1 Å². The van der Waals surface area contributed by atoms with E-state index in [1.807, 2.05) is 62.4 Å². The molecule has 8 heteroatoms. The quantitative estimate of drug-likeness (QED) is 0.324. The SMILES string of the molecule is CC(C)C[C@H](NC(=O)OCc1ccccc1)C(=O)N[C@@H](CCc1ccccc1)[C@H]1OOC2(O1)C1CC3CC(C1)CC2C3. The van der Waals surface area contributed by atoms with Gasteiger partial charge in [0.1, 0.15) is 12.6 Å². The second kappa shape index (κ2) is 12.7. The van der Waals surface area contributed by atoms with Crippen LogP contribution in [-0.2, 0) is 37.1 Å². The Balaban J connectivity index is 1.14. The van der Waals surface area contributed by atoms with E-state index in [1.165, 1.54) is 12.0 Å². The monoisotopic (exact) mass is 576 g/mol. The van der Waals surface area contributed by atoms with Crippen LogP contribution in [0, 0.1) is 29.6 Å². The Kier molecular flexibility index (Phi) is 8.84. The lowest BCUT2D eigenvalue weighted by molar-refractivity contribution is -0.383. The smallest absolute Gasteiger partial charge is 0.408 e. The maximum Gasteiger partial charge on any atom is 0.408 e. The fourth-order valence-electron chi connectivity index (χ4n) is 7.80. The van der Waals surface area contributed by atoms with E-state index in [1.54, 1.807) is 0 Å². The number of hydrogen-bond donors (Lipinski definition) is 2. The average Bonchev–Trinajstić information content (AvgIpc) is 3.43. The molecule has 0 radical (unpaired) electrons. The maximum absolute atomic E-state index is 13.7. The molecule has 0 unspecified atom stereocenters. The van der Waals surface area contributed by atoms with E-state index in [9.17, 15) is 9.59 Å². The van der Waals surface area contributed by atoms with E-state index in [2.05, 4.69) is 22.8 Å². The number of carbonyl (C=O) groups excluding carboxylic acids is 2. The third kappa shape index (κ3) is 6.51. The number of nitrogens with one attached hydrogen (secondary N) is 2. The van der Waals surface area contributed by atoms with Crippen molar-refractivity contribution in [1.82, 2.24) is 10.6 Å². The largest absolute Gasteiger partial charge is 0.445 e. The van der Waals surface area contributed by atoms with Crippen molar-refractivity contribution in [2.24, 2.45) is 29.6 Å². The second-order valence-corrected chi connectivity index (χ2v) is 13.2. The van der Waals surface area contributed by atoms with Gasteiger partial charge in [-0.05, 0) is 80.2 Å². The molecule has 2 N–H and O–H groups in total. The van der Waals surface area contributed by atoms with Crippen LogP contribution < -0.4 is 10.6 Å². The number of hydrogen-bond acceptors (Lipinski definition) is 6. The predicted octanol–water partition coefficient (Wildman–Crippen LogP) is 5.90. The molecule has 1 aliphatic heterocycles. The summed E-state index contributed by atoms with van der Waals surface area (Å²) in [5.41, 5.74) is 2.05. The van der Waals surface area contributed by atoms with Gasteiger partial charge in [-0.3, -0.25) is 4.79 Å². The summed E-state index contributed by atoms with van der Waals surface area (Å²) in [6.07, 6.45) is 6.28. The van der Waals surface area contributed by atoms with Crippen LogP contribution in [0.3, 0.4) is 0 Å². The van der Waals surface area contributed by atoms with Gasteiger partial charge in [0.15, 0.2) is 0 Å². The van der Waals surface area contributed by atoms with Crippen molar-refractivity contribution in [3.63, 3.8) is 0 Å². The van der Waals surface area contributed by atoms with Crippen LogP contribution in [0.15, 0.2) is 60.7 Å². The summed E-state index contributed by atoms with van der Waals surface area (Å²) in [6.45, 7) is 4.18. The second-order valence-electron chi connectivity index (χ2n) is 13.2. The molecule has 42 heavy (non-hydrogen) atoms. The molecule has 7 rings (SSSR count). The molecular weight excluding hydrogens is 532 g/mol. The third-order valence-corrected chi connectivity index (χ3v) is 9.62. The van der Waals surface area contributed by atoms with E-state index in [0.717, 1.165) is 49.5 Å². The van der Waals surface area contributed by atoms with E-state index in [-0.39, 0.29) is 18.4 Å². The molecule has 226 valence electrons. The van der Waals surface area contributed by atoms with Crippen LogP contribution >= 0.6 is 0 Å². The van der Waals surface area contributed by atoms with Gasteiger partial charge in [-0.25, -0.2) is 4.79 Å². The number of aryl methyl sites for hydroxylation is 1. The lowest BCUT2D eigenvalue weighted by atomic mass is 9.53. The lowest BCUT2D eigenvalue weighted by Gasteiger charge is -2.57. The summed E-state index contributed by atoms with van der Waals surface area (Å²) in [5.74, 6) is 1.38. The highest BCUT2D eigenvalue weighted by Gasteiger charge is 2.64. The number of benzene rings is 2. The number of alkyl carbamates (subject to hydrolysis) is 1. The minimum atomic E-state index is -0.759. The van der Waals surface area contributed by atoms with E-state index >= 15 is 0 Å². The van der Waals surface area contributed by atoms with Gasteiger partial charge in [-0.2, -0.15) is 9.78 Å². The van der Waals surface area contributed by atoms with Crippen LogP contribution in [0.25, 0.3) is 0 Å². The van der Waals surface area contributed by atoms with Gasteiger partial charge in [0, 0.05) is 11.8 Å². The Morgan fingerprint density at radius 3 is 2.12 bits per heavy atom. The fourth-order valence-corrected chi connectivity index (χ4v) is 7.80. The number of rotatable bonds is 11. The highest BCUT2D eigenvalue weighted by Crippen LogP contribution is 2.61. The number of ether oxygens (including phenoxy) is 2. The summed E-state index contributed by atoms with van der Waals surface area (Å²) < 4.78 is 12.2. The standard InChI is InChI=1S/C34H44N2O6/c1-22(2)15-30(36-33(38)39-21-24-11-7-4-8-12-24)31(37)35-29(14-13-23-9-5-3-6-10-23)32-40-34(42-41-32)27-17-25-16-26(19-27)20-28(34)18-25/h3-12,22,25-30,32H,13-21H2,1-2H3,(H,35,37)(H,36,38)/t25?,26?,27?,28?,29-,30-,32+,34?/m0/s1. The Bertz CT molecular complexity index is 1180. The first-order valence-corrected chi connectivity index (χ1v) is 15.7. The molecular formula is C34H44N2O6. The van der Waals surface area contributed by atoms with Gasteiger partial charge in [0.05, 0.1) is 6.04 Å². The highest BCUT2D eigenvalue weighted by molar-refractivity contribution is 5.85. The van der Waals surface area contributed by atoms with Gasteiger partial charge in [-0.1, -0.05) is 74.5 Å². The van der Waals surface area contributed by atoms with E-state index in [0.29, 0.717) is 24.7 Å². The molecule has 5 aliphatic rings. The Morgan fingerprint density at radius 1 is 0.881 bits per heavy atom. The average molecular weight is 577 g/mol. The van der Waals surface area contributed by atoms with Gasteiger partial charge in [0.2, 0.25) is 18.0 Å². The van der Waals surface area contributed by atoms with Gasteiger partial charge >= 0.3 is 6.09 Å². The van der Waals surface area contributed by atoms with Crippen molar-refractivity contribution in [3.8, 4) is 0 Å². The predicted molar refractivity (Wildman–Crippen MR) is 157 cm³/mol. The molecule has 2 aromatic rings. The van der Waals surface area contributed by atoms with Gasteiger partial charge in [0.25, 0.3) is 0 Å². The zero-order chi connectivity index (χ0) is 29.1. The van der Waals surface area contributed by atoms with E-state index in [4.69, 9.17) is 19.2 Å². The first-order chi connectivity index (χ1) is 20.4. The molecule has 4 bridgehead atoms. The minimum Gasteiger partial charge on any atom is -0.445 e. The van der Waals surface area contributed by atoms with Crippen molar-refractivity contribution in [1.29, 1.82) is 0 Å². The fraction of sp³-hybridized carbons (Fsp3) is 0.588. The number of carbonyl (C=O) groups is 2. The minimum absolute atomic E-state index is 0.135. The molecule has 8 nitrogen and oxygen atoms in total. The van der Waals surface area contributed by atoms with Crippen LogP contribution in [-0.4, -0.2) is 36.2 Å². The summed E-state index contributed by atoms with van der Waals surface area (Å²) in [7, 11) is 0. The molecule has 4 aliphatic carbocycles. The van der Waals surface area contributed by atoms with Crippen molar-refractivity contribution >= 4 is 12.0 Å². The molecule has 2 amide bonds. The topological polar surface area (TPSA) is 95.1 Å². The lowest BCUT2D eigenvalue weighted by Crippen LogP contribution is -2.59. The van der Waals surface area contributed by atoms with Crippen molar-refractivity contribution in [3.05, 3.63) is 71.8 Å². The summed E-state index contributed by atoms with van der Waals surface area (Å²) in [5, 5.41) is 5.98. The highest BCUT2D eigenvalue weighted by atomic mass is 17.3. The third-order valence-electron chi connectivity index (χ3n) is 9.62. The first kappa shape index (κ1) is 29.1. The Morgan fingerprint density at radius 2 is 1.50 bits per heavy atom. The van der Waals surface area contributed by atoms with Crippen molar-refractivity contribution in [2.45, 2.75) is 96.0 Å². The van der Waals surface area contributed by atoms with Crippen molar-refractivity contribution < 1.29 is 28.8 Å². The van der Waals surface area contributed by atoms with Gasteiger partial charge in [-0.15, -0.1) is 0 Å². The van der Waals surface area contributed by atoms with Crippen LogP contribution in [0.1, 0.15) is 69.9 Å². The first-order valence-electron chi connectivity index (χ1n) is 15.7. The molecule has 0 aromatic heterocycles. The molecule has 3 atom stereocenters. The molecule has 1 saturated heterocycles. The summed E-state index contributed by atoms with van der Waals surface area (Å²) >= 11 is 0. The van der Waals surface area contributed by atoms with Crippen LogP contribution in [0.5, 0.6) is 0 Å². The van der Waals surface area contributed by atoms with Crippen LogP contribution in [0.2, 0.25) is 0 Å². The molecule has 1 heterocycles. The van der Waals surface area contributed by atoms with Crippen LogP contribution in [0.4, 0.5) is 4.79 Å². The normalized spacial score (nSPS) is 30.8. The Hall–Kier alpha value is -2.94. The zero-order valence-electron chi connectivity index (χ0n) is 24.7.